The van der Waals surface area contributed by atoms with Gasteiger partial charge in [-0.05, 0) is 12.1 Å². The Kier molecular flexibility index (Phi) is 7.29. The summed E-state index contributed by atoms with van der Waals surface area (Å²) in [6.45, 7) is 13.2. The molecule has 3 aromatic rings. The van der Waals surface area contributed by atoms with E-state index in [-0.39, 0.29) is 27.9 Å². The van der Waals surface area contributed by atoms with Crippen LogP contribution < -0.4 is 0 Å². The van der Waals surface area contributed by atoms with Gasteiger partial charge < -0.3 is 17.3 Å². The molecule has 156 valence electrons. The van der Waals surface area contributed by atoms with Gasteiger partial charge in [0.25, 0.3) is 0 Å². The summed E-state index contributed by atoms with van der Waals surface area (Å²) >= 11 is 0. The molecule has 1 aromatic carbocycles. The monoisotopic (exact) mass is 442 g/mol. The largest absolute Gasteiger partial charge is 1.00 e. The number of hydrogen-bond acceptors (Lipinski definition) is 2. The smallest absolute Gasteiger partial charge is 0.418 e. The number of halogens is 4. The van der Waals surface area contributed by atoms with Crippen molar-refractivity contribution < 1.29 is 34.3 Å². The van der Waals surface area contributed by atoms with Crippen molar-refractivity contribution in [2.75, 3.05) is 0 Å². The van der Waals surface area contributed by atoms with E-state index >= 15 is 0 Å². The van der Waals surface area contributed by atoms with Crippen molar-refractivity contribution in [3.05, 3.63) is 47.8 Å². The third kappa shape index (κ3) is 6.45. The molecule has 0 fully saturated rings. The SMILES string of the molecule is CC(C)(C)c1ccc2ccc3ccc(C(C)(C)C)nc3c2n1.F[B-](F)(F)F.[Cu+]. The van der Waals surface area contributed by atoms with E-state index < -0.39 is 7.25 Å². The maximum atomic E-state index is 9.75. The van der Waals surface area contributed by atoms with Crippen molar-refractivity contribution in [3.8, 4) is 0 Å². The molecule has 28 heavy (non-hydrogen) atoms. The molecule has 0 spiro atoms. The predicted molar refractivity (Wildman–Crippen MR) is 105 cm³/mol. The molecule has 0 atom stereocenters. The molecule has 0 bridgehead atoms. The summed E-state index contributed by atoms with van der Waals surface area (Å²) < 4.78 is 39.0. The molecule has 0 unspecified atom stereocenters. The minimum absolute atomic E-state index is 0. The fourth-order valence-electron chi connectivity index (χ4n) is 2.60. The molecule has 0 N–H and O–H groups in total. The van der Waals surface area contributed by atoms with Crippen LogP contribution in [0.3, 0.4) is 0 Å². The Labute approximate surface area is 173 Å². The molecule has 8 heteroatoms. The first-order valence-electron chi connectivity index (χ1n) is 8.75. The number of pyridine rings is 2. The Bertz CT molecular complexity index is 882. The van der Waals surface area contributed by atoms with Gasteiger partial charge in [0.05, 0.1) is 11.0 Å². The van der Waals surface area contributed by atoms with E-state index in [0.29, 0.717) is 0 Å². The van der Waals surface area contributed by atoms with Crippen LogP contribution in [0, 0.1) is 0 Å². The quantitative estimate of drug-likeness (QED) is 0.220. The fraction of sp³-hybridized carbons (Fsp3) is 0.400. The molecule has 0 radical (unpaired) electrons. The number of fused-ring (bicyclic) bond motifs is 3. The Morgan fingerprint density at radius 3 is 1.11 bits per heavy atom. The van der Waals surface area contributed by atoms with Crippen LogP contribution in [0.1, 0.15) is 52.9 Å². The number of nitrogens with zero attached hydrogens (tertiary/aromatic N) is 2. The first kappa shape index (κ1) is 24.4. The first-order valence-corrected chi connectivity index (χ1v) is 8.75. The van der Waals surface area contributed by atoms with E-state index in [2.05, 4.69) is 77.9 Å². The van der Waals surface area contributed by atoms with Gasteiger partial charge in [0.2, 0.25) is 0 Å². The third-order valence-electron chi connectivity index (χ3n) is 4.06. The van der Waals surface area contributed by atoms with Crippen molar-refractivity contribution in [2.24, 2.45) is 0 Å². The molecular weight excluding hydrogens is 419 g/mol. The minimum Gasteiger partial charge on any atom is -0.418 e. The zero-order valence-corrected chi connectivity index (χ0v) is 17.7. The summed E-state index contributed by atoms with van der Waals surface area (Å²) in [5, 5.41) is 2.30. The van der Waals surface area contributed by atoms with Crippen molar-refractivity contribution >= 4 is 29.1 Å². The van der Waals surface area contributed by atoms with Crippen molar-refractivity contribution in [3.63, 3.8) is 0 Å². The zero-order valence-electron chi connectivity index (χ0n) is 16.7. The molecule has 2 heterocycles. The average Bonchev–Trinajstić information content (AvgIpc) is 2.50. The summed E-state index contributed by atoms with van der Waals surface area (Å²) in [6.07, 6.45) is 0. The average molecular weight is 443 g/mol. The summed E-state index contributed by atoms with van der Waals surface area (Å²) in [5.41, 5.74) is 4.31. The first-order chi connectivity index (χ1) is 12.2. The standard InChI is InChI=1S/C20H24N2.BF4.Cu/c1-19(2,3)15-11-9-13-7-8-14-10-12-16(20(4,5)6)22-18(14)17(13)21-15;2-1(3,4)5;/h7-12H,1-6H3;;/q;-1;+1. The summed E-state index contributed by atoms with van der Waals surface area (Å²) in [7, 11) is -6.00. The van der Waals surface area contributed by atoms with Crippen LogP contribution >= 0.6 is 0 Å². The Hall–Kier alpha value is -1.66. The molecule has 2 nitrogen and oxygen atoms in total. The van der Waals surface area contributed by atoms with Crippen molar-refractivity contribution in [1.29, 1.82) is 0 Å². The van der Waals surface area contributed by atoms with Gasteiger partial charge in [0, 0.05) is 33.0 Å². The van der Waals surface area contributed by atoms with E-state index in [1.54, 1.807) is 0 Å². The second-order valence-electron chi connectivity index (χ2n) is 8.60. The number of aromatic nitrogens is 2. The summed E-state index contributed by atoms with van der Waals surface area (Å²) in [4.78, 5) is 9.87. The van der Waals surface area contributed by atoms with Gasteiger partial charge in [-0.1, -0.05) is 65.8 Å². The van der Waals surface area contributed by atoms with E-state index in [1.807, 2.05) is 0 Å². The van der Waals surface area contributed by atoms with Crippen molar-refractivity contribution in [1.82, 2.24) is 9.97 Å². The van der Waals surface area contributed by atoms with E-state index in [9.17, 15) is 17.3 Å². The maximum Gasteiger partial charge on any atom is 1.00 e. The van der Waals surface area contributed by atoms with Gasteiger partial charge in [0.15, 0.2) is 0 Å². The topological polar surface area (TPSA) is 25.8 Å². The molecule has 0 saturated carbocycles. The fourth-order valence-corrected chi connectivity index (χ4v) is 2.60. The normalized spacial score (nSPS) is 12.4. The van der Waals surface area contributed by atoms with Gasteiger partial charge in [-0.25, -0.2) is 9.97 Å². The Morgan fingerprint density at radius 1 is 0.607 bits per heavy atom. The summed E-state index contributed by atoms with van der Waals surface area (Å²) in [5.74, 6) is 0. The van der Waals surface area contributed by atoms with Gasteiger partial charge in [-0.15, -0.1) is 0 Å². The van der Waals surface area contributed by atoms with E-state index in [1.165, 1.54) is 0 Å². The van der Waals surface area contributed by atoms with E-state index in [0.717, 1.165) is 33.2 Å². The van der Waals surface area contributed by atoms with Gasteiger partial charge in [-0.3, -0.25) is 0 Å². The molecular formula is C20H24BCuF4N2. The molecule has 0 aliphatic heterocycles. The Morgan fingerprint density at radius 2 is 0.857 bits per heavy atom. The molecule has 0 saturated heterocycles. The second kappa shape index (κ2) is 8.38. The second-order valence-corrected chi connectivity index (χ2v) is 8.60. The number of hydrogen-bond donors (Lipinski definition) is 0. The van der Waals surface area contributed by atoms with Crippen LogP contribution in [0.5, 0.6) is 0 Å². The zero-order chi connectivity index (χ0) is 20.6. The maximum absolute atomic E-state index is 9.75. The van der Waals surface area contributed by atoms with Gasteiger partial charge in [-0.2, -0.15) is 0 Å². The van der Waals surface area contributed by atoms with Crippen LogP contribution in [0.2, 0.25) is 0 Å². The Balaban J connectivity index is 0.000000584. The van der Waals surface area contributed by atoms with Crippen LogP contribution in [0.4, 0.5) is 17.3 Å². The van der Waals surface area contributed by atoms with Crippen LogP contribution in [-0.4, -0.2) is 17.2 Å². The van der Waals surface area contributed by atoms with Crippen LogP contribution in [0.15, 0.2) is 36.4 Å². The molecule has 0 aliphatic rings. The molecule has 0 aliphatic carbocycles. The molecule has 2 aromatic heterocycles. The minimum atomic E-state index is -6.00. The molecule has 3 rings (SSSR count). The van der Waals surface area contributed by atoms with E-state index in [4.69, 9.17) is 9.97 Å². The van der Waals surface area contributed by atoms with Crippen LogP contribution in [0.25, 0.3) is 21.8 Å². The van der Waals surface area contributed by atoms with Crippen molar-refractivity contribution in [2.45, 2.75) is 52.4 Å². The summed E-state index contributed by atoms with van der Waals surface area (Å²) in [6, 6.07) is 12.8. The van der Waals surface area contributed by atoms with Crippen LogP contribution in [-0.2, 0) is 27.9 Å². The van der Waals surface area contributed by atoms with Gasteiger partial charge in [0.1, 0.15) is 0 Å². The van der Waals surface area contributed by atoms with Gasteiger partial charge >= 0.3 is 24.3 Å². The number of rotatable bonds is 0. The molecule has 0 amide bonds. The number of benzene rings is 1. The third-order valence-corrected chi connectivity index (χ3v) is 4.06. The predicted octanol–water partition coefficient (Wildman–Crippen LogP) is 6.68.